The van der Waals surface area contributed by atoms with Crippen molar-refractivity contribution in [3.8, 4) is 0 Å². The highest BCUT2D eigenvalue weighted by molar-refractivity contribution is 14.1. The Labute approximate surface area is 109 Å². The van der Waals surface area contributed by atoms with Crippen LogP contribution in [-0.4, -0.2) is 14.8 Å². The molecule has 0 aliphatic carbocycles. The van der Waals surface area contributed by atoms with E-state index in [0.717, 1.165) is 10.4 Å². The second kappa shape index (κ2) is 4.95. The lowest BCUT2D eigenvalue weighted by molar-refractivity contribution is 0.679. The molecule has 0 N–H and O–H groups in total. The van der Waals surface area contributed by atoms with Crippen molar-refractivity contribution >= 4 is 22.6 Å². The van der Waals surface area contributed by atoms with E-state index in [1.54, 1.807) is 6.33 Å². The molecule has 1 heterocycles. The van der Waals surface area contributed by atoms with Gasteiger partial charge in [-0.25, -0.2) is 9.67 Å². The highest BCUT2D eigenvalue weighted by Crippen LogP contribution is 2.15. The van der Waals surface area contributed by atoms with Gasteiger partial charge in [0.25, 0.3) is 0 Å². The lowest BCUT2D eigenvalue weighted by atomic mass is 10.0. The molecular formula is C12H14IN3. The Kier molecular flexibility index (Phi) is 3.58. The molecule has 0 fully saturated rings. The average molecular weight is 327 g/mol. The molecule has 0 bridgehead atoms. The van der Waals surface area contributed by atoms with Crippen LogP contribution in [0, 0.1) is 3.83 Å². The van der Waals surface area contributed by atoms with E-state index in [0.29, 0.717) is 5.92 Å². The maximum Gasteiger partial charge on any atom is 0.211 e. The van der Waals surface area contributed by atoms with Gasteiger partial charge in [-0.05, 0) is 17.0 Å². The zero-order chi connectivity index (χ0) is 11.5. The van der Waals surface area contributed by atoms with Gasteiger partial charge >= 0.3 is 0 Å². The van der Waals surface area contributed by atoms with Gasteiger partial charge < -0.3 is 0 Å². The van der Waals surface area contributed by atoms with Gasteiger partial charge in [-0.15, -0.1) is 5.10 Å². The predicted octanol–water partition coefficient (Wildman–Crippen LogP) is 3.05. The van der Waals surface area contributed by atoms with Gasteiger partial charge in [-0.1, -0.05) is 38.1 Å². The Morgan fingerprint density at radius 1 is 1.25 bits per heavy atom. The fraction of sp³-hybridized carbons (Fsp3) is 0.333. The molecule has 0 saturated carbocycles. The van der Waals surface area contributed by atoms with Crippen LogP contribution in [-0.2, 0) is 6.54 Å². The van der Waals surface area contributed by atoms with Crippen LogP contribution in [0.5, 0.6) is 0 Å². The van der Waals surface area contributed by atoms with Crippen molar-refractivity contribution in [2.75, 3.05) is 0 Å². The van der Waals surface area contributed by atoms with Gasteiger partial charge in [0.15, 0.2) is 0 Å². The first-order valence-corrected chi connectivity index (χ1v) is 6.37. The largest absolute Gasteiger partial charge is 0.247 e. The van der Waals surface area contributed by atoms with Crippen molar-refractivity contribution in [1.29, 1.82) is 0 Å². The second-order valence-electron chi connectivity index (χ2n) is 4.11. The van der Waals surface area contributed by atoms with E-state index in [1.165, 1.54) is 11.1 Å². The molecule has 2 rings (SSSR count). The Balaban J connectivity index is 2.11. The molecule has 0 aliphatic rings. The van der Waals surface area contributed by atoms with Crippen molar-refractivity contribution in [2.45, 2.75) is 26.3 Å². The first-order chi connectivity index (χ1) is 7.65. The van der Waals surface area contributed by atoms with Gasteiger partial charge in [-0.3, -0.25) is 0 Å². The summed E-state index contributed by atoms with van der Waals surface area (Å²) >= 11 is 2.11. The number of benzene rings is 1. The van der Waals surface area contributed by atoms with Gasteiger partial charge in [0.05, 0.1) is 6.54 Å². The van der Waals surface area contributed by atoms with E-state index >= 15 is 0 Å². The van der Waals surface area contributed by atoms with Gasteiger partial charge in [0, 0.05) is 22.6 Å². The maximum absolute atomic E-state index is 4.26. The van der Waals surface area contributed by atoms with Crippen LogP contribution in [0.3, 0.4) is 0 Å². The summed E-state index contributed by atoms with van der Waals surface area (Å²) in [4.78, 5) is 4.10. The van der Waals surface area contributed by atoms with Crippen molar-refractivity contribution in [3.05, 3.63) is 45.6 Å². The highest BCUT2D eigenvalue weighted by Gasteiger charge is 2.01. The lowest BCUT2D eigenvalue weighted by Gasteiger charge is -2.06. The first-order valence-electron chi connectivity index (χ1n) is 5.29. The number of rotatable bonds is 3. The number of hydrogen-bond acceptors (Lipinski definition) is 2. The molecular weight excluding hydrogens is 313 g/mol. The van der Waals surface area contributed by atoms with Crippen LogP contribution in [0.1, 0.15) is 30.9 Å². The number of hydrogen-bond donors (Lipinski definition) is 0. The summed E-state index contributed by atoms with van der Waals surface area (Å²) in [7, 11) is 0. The van der Waals surface area contributed by atoms with E-state index in [2.05, 4.69) is 70.8 Å². The molecule has 16 heavy (non-hydrogen) atoms. The zero-order valence-electron chi connectivity index (χ0n) is 9.39. The summed E-state index contributed by atoms with van der Waals surface area (Å²) in [5, 5.41) is 4.26. The molecule has 0 saturated heterocycles. The normalized spacial score (nSPS) is 11.0. The summed E-state index contributed by atoms with van der Waals surface area (Å²) in [6.45, 7) is 5.19. The molecule has 2 aromatic rings. The number of aromatic nitrogens is 3. The summed E-state index contributed by atoms with van der Waals surface area (Å²) < 4.78 is 2.64. The summed E-state index contributed by atoms with van der Waals surface area (Å²) in [5.74, 6) is 0.585. The quantitative estimate of drug-likeness (QED) is 0.811. The fourth-order valence-corrected chi connectivity index (χ4v) is 1.94. The molecule has 0 aliphatic heterocycles. The van der Waals surface area contributed by atoms with E-state index < -0.39 is 0 Å². The third-order valence-electron chi connectivity index (χ3n) is 2.50. The topological polar surface area (TPSA) is 30.7 Å². The zero-order valence-corrected chi connectivity index (χ0v) is 11.5. The Hall–Kier alpha value is -0.910. The van der Waals surface area contributed by atoms with Crippen LogP contribution in [0.2, 0.25) is 0 Å². The molecule has 0 amide bonds. The Bertz CT molecular complexity index is 459. The summed E-state index contributed by atoms with van der Waals surface area (Å²) in [6, 6.07) is 8.68. The minimum atomic E-state index is 0.585. The van der Waals surface area contributed by atoms with Crippen LogP contribution >= 0.6 is 22.6 Å². The molecule has 1 aromatic carbocycles. The molecule has 84 valence electrons. The lowest BCUT2D eigenvalue weighted by Crippen LogP contribution is -2.00. The van der Waals surface area contributed by atoms with Crippen LogP contribution in [0.15, 0.2) is 30.6 Å². The van der Waals surface area contributed by atoms with E-state index in [4.69, 9.17) is 0 Å². The standard InChI is InChI=1S/C12H14IN3/c1-9(2)11-5-3-10(4-6-11)7-16-8-14-12(13)15-16/h3-6,8-9H,7H2,1-2H3. The second-order valence-corrected chi connectivity index (χ2v) is 5.07. The predicted molar refractivity (Wildman–Crippen MR) is 72.4 cm³/mol. The molecule has 4 heteroatoms. The average Bonchev–Trinajstić information content (AvgIpc) is 2.65. The monoisotopic (exact) mass is 327 g/mol. The third kappa shape index (κ3) is 2.81. The van der Waals surface area contributed by atoms with Crippen molar-refractivity contribution in [2.24, 2.45) is 0 Å². The summed E-state index contributed by atoms with van der Waals surface area (Å²) in [5.41, 5.74) is 2.63. The number of halogens is 1. The Morgan fingerprint density at radius 2 is 1.94 bits per heavy atom. The maximum atomic E-state index is 4.26. The minimum absolute atomic E-state index is 0.585. The fourth-order valence-electron chi connectivity index (χ4n) is 1.54. The van der Waals surface area contributed by atoms with Gasteiger partial charge in [0.1, 0.15) is 6.33 Å². The SMILES string of the molecule is CC(C)c1ccc(Cn2cnc(I)n2)cc1. The van der Waals surface area contributed by atoms with Gasteiger partial charge in [0.2, 0.25) is 3.83 Å². The van der Waals surface area contributed by atoms with Crippen LogP contribution in [0.25, 0.3) is 0 Å². The van der Waals surface area contributed by atoms with E-state index in [-0.39, 0.29) is 0 Å². The molecule has 0 spiro atoms. The molecule has 0 radical (unpaired) electrons. The van der Waals surface area contributed by atoms with E-state index in [9.17, 15) is 0 Å². The third-order valence-corrected chi connectivity index (χ3v) is 2.99. The van der Waals surface area contributed by atoms with Crippen LogP contribution < -0.4 is 0 Å². The molecule has 0 unspecified atom stereocenters. The summed E-state index contributed by atoms with van der Waals surface area (Å²) in [6.07, 6.45) is 1.76. The molecule has 1 aromatic heterocycles. The smallest absolute Gasteiger partial charge is 0.211 e. The molecule has 3 nitrogen and oxygen atoms in total. The first kappa shape index (κ1) is 11.6. The van der Waals surface area contributed by atoms with E-state index in [1.807, 2.05) is 4.68 Å². The Morgan fingerprint density at radius 3 is 2.44 bits per heavy atom. The van der Waals surface area contributed by atoms with Crippen LogP contribution in [0.4, 0.5) is 0 Å². The molecule has 0 atom stereocenters. The highest BCUT2D eigenvalue weighted by atomic mass is 127. The number of nitrogens with zero attached hydrogens (tertiary/aromatic N) is 3. The van der Waals surface area contributed by atoms with Crippen molar-refractivity contribution < 1.29 is 0 Å². The van der Waals surface area contributed by atoms with Gasteiger partial charge in [-0.2, -0.15) is 0 Å². The van der Waals surface area contributed by atoms with Crippen molar-refractivity contribution in [1.82, 2.24) is 14.8 Å². The minimum Gasteiger partial charge on any atom is -0.247 e. The van der Waals surface area contributed by atoms with Crippen molar-refractivity contribution in [3.63, 3.8) is 0 Å².